The summed E-state index contributed by atoms with van der Waals surface area (Å²) in [6.07, 6.45) is -0.847. The van der Waals surface area contributed by atoms with Crippen LogP contribution in [-0.2, 0) is 12.7 Å². The molecule has 0 saturated carbocycles. The molecular formula is C18H13ClF3N5O2. The molecule has 7 nitrogen and oxygen atoms in total. The van der Waals surface area contributed by atoms with Gasteiger partial charge in [0.2, 0.25) is 5.75 Å². The first-order chi connectivity index (χ1) is 13.7. The van der Waals surface area contributed by atoms with Crippen molar-refractivity contribution in [2.75, 3.05) is 13.6 Å². The number of allylic oxidation sites excluding steroid dienone is 1. The van der Waals surface area contributed by atoms with E-state index in [0.717, 1.165) is 10.9 Å². The van der Waals surface area contributed by atoms with Crippen LogP contribution < -0.4 is 10.3 Å². The van der Waals surface area contributed by atoms with Gasteiger partial charge in [-0.05, 0) is 18.2 Å². The Morgan fingerprint density at radius 1 is 1.34 bits per heavy atom. The minimum atomic E-state index is -4.92. The average Bonchev–Trinajstić information content (AvgIpc) is 2.63. The average molecular weight is 424 g/mol. The molecule has 0 saturated heterocycles. The predicted molar refractivity (Wildman–Crippen MR) is 98.9 cm³/mol. The quantitative estimate of drug-likeness (QED) is 0.752. The fourth-order valence-electron chi connectivity index (χ4n) is 2.56. The Labute approximate surface area is 167 Å². The van der Waals surface area contributed by atoms with Crippen molar-refractivity contribution in [3.8, 4) is 17.6 Å². The molecule has 150 valence electrons. The lowest BCUT2D eigenvalue weighted by atomic mass is 10.2. The lowest BCUT2D eigenvalue weighted by Crippen LogP contribution is -2.28. The van der Waals surface area contributed by atoms with Gasteiger partial charge < -0.3 is 9.64 Å². The number of nitriles is 1. The highest BCUT2D eigenvalue weighted by Gasteiger charge is 2.38. The Hall–Kier alpha value is -3.32. The van der Waals surface area contributed by atoms with Gasteiger partial charge in [0.15, 0.2) is 5.69 Å². The maximum Gasteiger partial charge on any atom is 0.437 e. The van der Waals surface area contributed by atoms with E-state index in [-0.39, 0.29) is 22.9 Å². The van der Waals surface area contributed by atoms with Crippen molar-refractivity contribution in [2.24, 2.45) is 4.99 Å². The molecule has 0 amide bonds. The molecule has 29 heavy (non-hydrogen) atoms. The van der Waals surface area contributed by atoms with Crippen LogP contribution in [-0.4, -0.2) is 34.3 Å². The van der Waals surface area contributed by atoms with E-state index in [9.17, 15) is 18.0 Å². The number of aliphatic imine (C=N–C) groups is 1. The van der Waals surface area contributed by atoms with Crippen molar-refractivity contribution in [2.45, 2.75) is 12.7 Å². The summed E-state index contributed by atoms with van der Waals surface area (Å²) in [5.41, 5.74) is -2.00. The van der Waals surface area contributed by atoms with Crippen molar-refractivity contribution in [3.63, 3.8) is 0 Å². The van der Waals surface area contributed by atoms with Gasteiger partial charge in [-0.2, -0.15) is 18.4 Å². The minimum Gasteiger partial charge on any atom is -0.449 e. The van der Waals surface area contributed by atoms with E-state index < -0.39 is 23.2 Å². The molecule has 0 fully saturated rings. The van der Waals surface area contributed by atoms with E-state index in [1.54, 1.807) is 24.4 Å². The molecule has 1 aromatic carbocycles. The number of rotatable bonds is 4. The lowest BCUT2D eigenvalue weighted by molar-refractivity contribution is -0.142. The molecule has 0 atom stereocenters. The third-order valence-corrected chi connectivity index (χ3v) is 4.03. The van der Waals surface area contributed by atoms with Gasteiger partial charge in [0.05, 0.1) is 36.7 Å². The number of hydrogen-bond donors (Lipinski definition) is 0. The van der Waals surface area contributed by atoms with E-state index in [4.69, 9.17) is 21.6 Å². The van der Waals surface area contributed by atoms with Gasteiger partial charge in [0.25, 0.3) is 5.56 Å². The molecule has 0 aliphatic carbocycles. The Morgan fingerprint density at radius 3 is 2.76 bits per heavy atom. The topological polar surface area (TPSA) is 83.5 Å². The molecule has 0 spiro atoms. The summed E-state index contributed by atoms with van der Waals surface area (Å²) in [4.78, 5) is 22.1. The third kappa shape index (κ3) is 4.75. The van der Waals surface area contributed by atoms with Gasteiger partial charge in [0.1, 0.15) is 5.75 Å². The first-order valence-electron chi connectivity index (χ1n) is 8.16. The molecule has 1 aliphatic heterocycles. The normalized spacial score (nSPS) is 13.8. The summed E-state index contributed by atoms with van der Waals surface area (Å²) >= 11 is 5.86. The number of hydrogen-bond acceptors (Lipinski definition) is 6. The molecule has 1 aromatic heterocycles. The van der Waals surface area contributed by atoms with Crippen molar-refractivity contribution >= 4 is 17.8 Å². The van der Waals surface area contributed by atoms with Gasteiger partial charge in [-0.15, -0.1) is 0 Å². The summed E-state index contributed by atoms with van der Waals surface area (Å²) in [6, 6.07) is 5.49. The van der Waals surface area contributed by atoms with Crippen LogP contribution in [0.15, 0.2) is 46.2 Å². The van der Waals surface area contributed by atoms with Gasteiger partial charge in [0, 0.05) is 24.5 Å². The van der Waals surface area contributed by atoms with E-state index in [1.165, 1.54) is 18.2 Å². The summed E-state index contributed by atoms with van der Waals surface area (Å²) in [5.74, 6) is -1.20. The number of alkyl halides is 3. The van der Waals surface area contributed by atoms with Gasteiger partial charge in [-0.1, -0.05) is 11.6 Å². The molecule has 1 aliphatic rings. The maximum atomic E-state index is 13.4. The Morgan fingerprint density at radius 2 is 2.10 bits per heavy atom. The van der Waals surface area contributed by atoms with Gasteiger partial charge in [-0.25, -0.2) is 4.98 Å². The van der Waals surface area contributed by atoms with Crippen LogP contribution in [0.5, 0.6) is 11.5 Å². The monoisotopic (exact) mass is 423 g/mol. The predicted octanol–water partition coefficient (Wildman–Crippen LogP) is 3.44. The standard InChI is InChI=1S/C18H13ClF3N5O2/c1-26-3-2-24-13(8-26)9-27-10-25-16(18(20,21)22)15(17(27)28)29-14-5-11(7-23)4-12(19)6-14/h2,4-6,8,10H,3,9H2,1H3. The summed E-state index contributed by atoms with van der Waals surface area (Å²) in [5, 5.41) is 9.06. The molecule has 2 heterocycles. The highest BCUT2D eigenvalue weighted by Crippen LogP contribution is 2.35. The summed E-state index contributed by atoms with van der Waals surface area (Å²) < 4.78 is 46.3. The van der Waals surface area contributed by atoms with Gasteiger partial charge in [-0.3, -0.25) is 14.4 Å². The van der Waals surface area contributed by atoms with E-state index in [0.29, 0.717) is 12.2 Å². The molecule has 2 aromatic rings. The highest BCUT2D eigenvalue weighted by molar-refractivity contribution is 6.30. The molecule has 0 N–H and O–H groups in total. The molecule has 3 rings (SSSR count). The minimum absolute atomic E-state index is 0.0648. The lowest BCUT2D eigenvalue weighted by Gasteiger charge is -2.18. The van der Waals surface area contributed by atoms with Crippen molar-refractivity contribution < 1.29 is 17.9 Å². The number of ether oxygens (including phenoxy) is 1. The zero-order valence-corrected chi connectivity index (χ0v) is 15.7. The number of halogens is 4. The number of benzene rings is 1. The zero-order chi connectivity index (χ0) is 21.2. The van der Waals surface area contributed by atoms with Crippen LogP contribution in [0.1, 0.15) is 11.3 Å². The smallest absolute Gasteiger partial charge is 0.437 e. The molecule has 11 heteroatoms. The third-order valence-electron chi connectivity index (χ3n) is 3.81. The maximum absolute atomic E-state index is 13.4. The largest absolute Gasteiger partial charge is 0.449 e. The summed E-state index contributed by atoms with van der Waals surface area (Å²) in [7, 11) is 1.79. The van der Waals surface area contributed by atoms with Crippen molar-refractivity contribution in [3.05, 3.63) is 63.1 Å². The molecule has 0 radical (unpaired) electrons. The first-order valence-corrected chi connectivity index (χ1v) is 8.54. The molecule has 0 unspecified atom stereocenters. The van der Waals surface area contributed by atoms with Crippen LogP contribution in [0, 0.1) is 11.3 Å². The number of aromatic nitrogens is 2. The van der Waals surface area contributed by atoms with E-state index in [1.807, 2.05) is 6.07 Å². The molecule has 0 bridgehead atoms. The second kappa shape index (κ2) is 7.97. The van der Waals surface area contributed by atoms with Crippen molar-refractivity contribution in [1.82, 2.24) is 14.5 Å². The second-order valence-electron chi connectivity index (χ2n) is 6.11. The van der Waals surface area contributed by atoms with Gasteiger partial charge >= 0.3 is 6.18 Å². The van der Waals surface area contributed by atoms with E-state index in [2.05, 4.69) is 9.98 Å². The first kappa shape index (κ1) is 20.4. The Balaban J connectivity index is 2.06. The summed E-state index contributed by atoms with van der Waals surface area (Å²) in [6.45, 7) is 0.480. The van der Waals surface area contributed by atoms with Crippen LogP contribution in [0.3, 0.4) is 0 Å². The van der Waals surface area contributed by atoms with Crippen LogP contribution in [0.2, 0.25) is 5.02 Å². The van der Waals surface area contributed by atoms with Crippen LogP contribution in [0.25, 0.3) is 0 Å². The highest BCUT2D eigenvalue weighted by atomic mass is 35.5. The zero-order valence-electron chi connectivity index (χ0n) is 14.9. The van der Waals surface area contributed by atoms with Crippen LogP contribution in [0.4, 0.5) is 13.2 Å². The molecular weight excluding hydrogens is 411 g/mol. The SMILES string of the molecule is CN1C=C(Cn2cnc(C(F)(F)F)c(Oc3cc(Cl)cc(C#N)c3)c2=O)N=CC1. The Kier molecular flexibility index (Phi) is 5.61. The van der Waals surface area contributed by atoms with Crippen molar-refractivity contribution in [1.29, 1.82) is 5.26 Å². The van der Waals surface area contributed by atoms with Crippen LogP contribution >= 0.6 is 11.6 Å². The Bertz CT molecular complexity index is 1100. The fraction of sp³-hybridized carbons (Fsp3) is 0.222. The number of nitrogens with zero attached hydrogens (tertiary/aromatic N) is 5. The fourth-order valence-corrected chi connectivity index (χ4v) is 2.79. The second-order valence-corrected chi connectivity index (χ2v) is 6.55. The van der Waals surface area contributed by atoms with E-state index >= 15 is 0 Å².